The number of ether oxygens (including phenoxy) is 1. The number of nitrogens with zero attached hydrogens (tertiary/aromatic N) is 3. The van der Waals surface area contributed by atoms with E-state index in [9.17, 15) is 18.8 Å². The van der Waals surface area contributed by atoms with Gasteiger partial charge in [0.25, 0.3) is 11.8 Å². The lowest BCUT2D eigenvalue weighted by Gasteiger charge is -2.16. The van der Waals surface area contributed by atoms with E-state index in [-0.39, 0.29) is 27.0 Å². The first-order valence-corrected chi connectivity index (χ1v) is 12.5. The molecule has 8 nitrogen and oxygen atoms in total. The van der Waals surface area contributed by atoms with E-state index < -0.39 is 23.6 Å². The third-order valence-electron chi connectivity index (χ3n) is 5.39. The zero-order valence-electron chi connectivity index (χ0n) is 20.6. The molecule has 1 aliphatic rings. The molecule has 2 heterocycles. The first-order chi connectivity index (χ1) is 17.8. The average molecular weight is 521 g/mol. The third-order valence-corrected chi connectivity index (χ3v) is 6.34. The van der Waals surface area contributed by atoms with Gasteiger partial charge in [-0.05, 0) is 68.4 Å². The number of halogens is 1. The van der Waals surface area contributed by atoms with E-state index >= 15 is 0 Å². The van der Waals surface area contributed by atoms with Crippen molar-refractivity contribution in [2.24, 2.45) is 0 Å². The van der Waals surface area contributed by atoms with Crippen molar-refractivity contribution in [3.8, 4) is 0 Å². The summed E-state index contributed by atoms with van der Waals surface area (Å²) in [6.07, 6.45) is 1.64. The number of thioether (sulfide) groups is 1. The summed E-state index contributed by atoms with van der Waals surface area (Å²) in [5.41, 5.74) is 1.83. The Labute approximate surface area is 218 Å². The number of aromatic nitrogens is 2. The first-order valence-electron chi connectivity index (χ1n) is 11.7. The Kier molecular flexibility index (Phi) is 7.98. The number of aryl methyl sites for hydroxylation is 2. The number of esters is 1. The lowest BCUT2D eigenvalue weighted by molar-refractivity contribution is -0.120. The predicted molar refractivity (Wildman–Crippen MR) is 139 cm³/mol. The number of anilines is 2. The van der Waals surface area contributed by atoms with Crippen LogP contribution in [0, 0.1) is 19.7 Å². The van der Waals surface area contributed by atoms with Gasteiger partial charge in [-0.3, -0.25) is 9.59 Å². The maximum Gasteiger partial charge on any atom is 0.338 e. The molecule has 0 saturated heterocycles. The summed E-state index contributed by atoms with van der Waals surface area (Å²) in [7, 11) is 0. The van der Waals surface area contributed by atoms with Gasteiger partial charge < -0.3 is 10.1 Å². The van der Waals surface area contributed by atoms with E-state index in [1.165, 1.54) is 30.3 Å². The molecule has 1 aromatic heterocycles. The Bertz CT molecular complexity index is 1390. The molecule has 0 radical (unpaired) electrons. The third kappa shape index (κ3) is 5.86. The Morgan fingerprint density at radius 2 is 1.76 bits per heavy atom. The summed E-state index contributed by atoms with van der Waals surface area (Å²) in [5, 5.41) is 3.24. The van der Waals surface area contributed by atoms with Gasteiger partial charge in [-0.15, -0.1) is 0 Å². The Balaban J connectivity index is 1.71. The number of carbonyl (C=O) groups excluding carboxylic acids is 3. The molecule has 4 rings (SSSR count). The van der Waals surface area contributed by atoms with Crippen LogP contribution in [0.3, 0.4) is 0 Å². The summed E-state index contributed by atoms with van der Waals surface area (Å²) in [6, 6.07) is 13.7. The van der Waals surface area contributed by atoms with E-state index in [4.69, 9.17) is 4.74 Å². The fourth-order valence-electron chi connectivity index (χ4n) is 3.66. The van der Waals surface area contributed by atoms with Gasteiger partial charge in [0.1, 0.15) is 16.4 Å². The average Bonchev–Trinajstić information content (AvgIpc) is 3.08. The van der Waals surface area contributed by atoms with Crippen LogP contribution in [0.2, 0.25) is 0 Å². The summed E-state index contributed by atoms with van der Waals surface area (Å²) in [5.74, 6) is -2.65. The number of imide groups is 1. The largest absolute Gasteiger partial charge is 0.462 e. The smallest absolute Gasteiger partial charge is 0.338 e. The molecule has 0 fully saturated rings. The molecule has 190 valence electrons. The van der Waals surface area contributed by atoms with Gasteiger partial charge in [-0.25, -0.2) is 24.1 Å². The minimum Gasteiger partial charge on any atom is -0.462 e. The van der Waals surface area contributed by atoms with E-state index in [1.54, 1.807) is 38.1 Å². The molecule has 37 heavy (non-hydrogen) atoms. The van der Waals surface area contributed by atoms with Crippen molar-refractivity contribution in [2.75, 3.05) is 16.8 Å². The minimum absolute atomic E-state index is 0.00850. The number of benzene rings is 2. The van der Waals surface area contributed by atoms with Gasteiger partial charge in [-0.1, -0.05) is 31.5 Å². The second-order valence-electron chi connectivity index (χ2n) is 8.33. The number of carbonyl (C=O) groups is 3. The number of hydrogen-bond acceptors (Lipinski definition) is 8. The second kappa shape index (κ2) is 11.3. The molecule has 0 unspecified atom stereocenters. The van der Waals surface area contributed by atoms with Crippen molar-refractivity contribution in [3.63, 3.8) is 0 Å². The highest BCUT2D eigenvalue weighted by Gasteiger charge is 2.41. The van der Waals surface area contributed by atoms with Crippen LogP contribution in [-0.2, 0) is 14.3 Å². The monoisotopic (exact) mass is 520 g/mol. The summed E-state index contributed by atoms with van der Waals surface area (Å²) >= 11 is 0.916. The van der Waals surface area contributed by atoms with Gasteiger partial charge in [0, 0.05) is 17.1 Å². The molecular weight excluding hydrogens is 495 g/mol. The molecular formula is C27H25FN4O4S. The topological polar surface area (TPSA) is 101 Å². The first kappa shape index (κ1) is 26.0. The second-order valence-corrected chi connectivity index (χ2v) is 9.31. The fraction of sp³-hybridized carbons (Fsp3) is 0.222. The summed E-state index contributed by atoms with van der Waals surface area (Å²) in [4.78, 5) is 48.9. The Hall–Kier alpha value is -4.05. The number of nitrogens with one attached hydrogen (secondary N) is 1. The number of unbranched alkanes of at least 4 members (excludes halogenated alkanes) is 1. The van der Waals surface area contributed by atoms with Crippen LogP contribution < -0.4 is 10.2 Å². The van der Waals surface area contributed by atoms with Crippen LogP contribution in [0.15, 0.2) is 70.4 Å². The van der Waals surface area contributed by atoms with Crippen LogP contribution in [0.5, 0.6) is 0 Å². The van der Waals surface area contributed by atoms with Gasteiger partial charge in [0.15, 0.2) is 5.16 Å². The van der Waals surface area contributed by atoms with Crippen LogP contribution in [-0.4, -0.2) is 34.4 Å². The highest BCUT2D eigenvalue weighted by molar-refractivity contribution is 8.04. The van der Waals surface area contributed by atoms with Crippen LogP contribution in [0.1, 0.15) is 41.5 Å². The number of para-hydroxylation sites is 1. The molecule has 0 saturated carbocycles. The van der Waals surface area contributed by atoms with Crippen molar-refractivity contribution in [3.05, 3.63) is 88.0 Å². The molecule has 1 aliphatic heterocycles. The lowest BCUT2D eigenvalue weighted by Crippen LogP contribution is -2.33. The van der Waals surface area contributed by atoms with Gasteiger partial charge in [-0.2, -0.15) is 0 Å². The number of amides is 2. The quantitative estimate of drug-likeness (QED) is 0.178. The molecule has 1 N–H and O–H groups in total. The summed E-state index contributed by atoms with van der Waals surface area (Å²) < 4.78 is 19.9. The van der Waals surface area contributed by atoms with Crippen molar-refractivity contribution in [1.82, 2.24) is 9.97 Å². The standard InChI is InChI=1S/C27H25FN4O4S/c1-4-5-13-36-26(35)18-9-8-10-19(15-18)31-22-23(37-27-29-16(2)14-17(3)30-27)25(34)32(24(22)33)21-12-7-6-11-20(21)28/h6-12,14-15,31H,4-5,13H2,1-3H3. The number of rotatable bonds is 9. The van der Waals surface area contributed by atoms with E-state index in [0.29, 0.717) is 23.7 Å². The minimum atomic E-state index is -0.738. The zero-order chi connectivity index (χ0) is 26.5. The lowest BCUT2D eigenvalue weighted by atomic mass is 10.2. The van der Waals surface area contributed by atoms with E-state index in [2.05, 4.69) is 15.3 Å². The molecule has 0 bridgehead atoms. The van der Waals surface area contributed by atoms with Crippen molar-refractivity contribution >= 4 is 40.9 Å². The normalized spacial score (nSPS) is 13.4. The fourth-order valence-corrected chi connectivity index (χ4v) is 4.64. The van der Waals surface area contributed by atoms with Crippen LogP contribution in [0.4, 0.5) is 15.8 Å². The molecule has 10 heteroatoms. The Morgan fingerprint density at radius 3 is 2.46 bits per heavy atom. The molecule has 0 spiro atoms. The molecule has 2 aromatic carbocycles. The van der Waals surface area contributed by atoms with Crippen LogP contribution >= 0.6 is 11.8 Å². The molecule has 0 aliphatic carbocycles. The van der Waals surface area contributed by atoms with Crippen molar-refractivity contribution in [2.45, 2.75) is 38.8 Å². The van der Waals surface area contributed by atoms with E-state index in [1.807, 2.05) is 6.92 Å². The zero-order valence-corrected chi connectivity index (χ0v) is 21.4. The number of hydrogen-bond donors (Lipinski definition) is 1. The molecule has 0 atom stereocenters. The van der Waals surface area contributed by atoms with Crippen molar-refractivity contribution in [1.29, 1.82) is 0 Å². The highest BCUT2D eigenvalue weighted by atomic mass is 32.2. The Morgan fingerprint density at radius 1 is 1.03 bits per heavy atom. The predicted octanol–water partition coefficient (Wildman–Crippen LogP) is 5.18. The molecule has 3 aromatic rings. The van der Waals surface area contributed by atoms with Gasteiger partial charge >= 0.3 is 5.97 Å². The highest BCUT2D eigenvalue weighted by Crippen LogP contribution is 2.37. The SMILES string of the molecule is CCCCOC(=O)c1cccc(NC2=C(Sc3nc(C)cc(C)n3)C(=O)N(c3ccccc3F)C2=O)c1. The summed E-state index contributed by atoms with van der Waals surface area (Å²) in [6.45, 7) is 5.89. The van der Waals surface area contributed by atoms with Crippen LogP contribution in [0.25, 0.3) is 0 Å². The molecule has 2 amide bonds. The maximum absolute atomic E-state index is 14.6. The van der Waals surface area contributed by atoms with Gasteiger partial charge in [0.2, 0.25) is 0 Å². The van der Waals surface area contributed by atoms with Gasteiger partial charge in [0.05, 0.1) is 17.9 Å². The van der Waals surface area contributed by atoms with E-state index in [0.717, 1.165) is 29.5 Å². The van der Waals surface area contributed by atoms with Crippen molar-refractivity contribution < 1.29 is 23.5 Å². The maximum atomic E-state index is 14.6.